The highest BCUT2D eigenvalue weighted by molar-refractivity contribution is 7.07. The van der Waals surface area contributed by atoms with Gasteiger partial charge in [0.05, 0.1) is 12.8 Å². The van der Waals surface area contributed by atoms with Crippen molar-refractivity contribution in [3.8, 4) is 5.75 Å². The summed E-state index contributed by atoms with van der Waals surface area (Å²) >= 11 is 1.74. The minimum absolute atomic E-state index is 0.594. The summed E-state index contributed by atoms with van der Waals surface area (Å²) in [6.07, 6.45) is 5.30. The quantitative estimate of drug-likeness (QED) is 0.795. The molecule has 0 amide bonds. The molecular weight excluding hydrogens is 292 g/mol. The van der Waals surface area contributed by atoms with Crippen LogP contribution < -0.4 is 9.54 Å². The van der Waals surface area contributed by atoms with Gasteiger partial charge in [-0.3, -0.25) is 0 Å². The molecule has 0 bridgehead atoms. The Morgan fingerprint density at radius 2 is 1.91 bits per heavy atom. The maximum atomic E-state index is 5.21. The van der Waals surface area contributed by atoms with E-state index in [0.717, 1.165) is 22.2 Å². The first-order valence-corrected chi connectivity index (χ1v) is 8.92. The van der Waals surface area contributed by atoms with Crippen molar-refractivity contribution in [2.24, 2.45) is 10.9 Å². The number of aryl methyl sites for hydroxylation is 1. The lowest BCUT2D eigenvalue weighted by Gasteiger charge is -2.30. The maximum Gasteiger partial charge on any atom is 0.190 e. The summed E-state index contributed by atoms with van der Waals surface area (Å²) < 4.78 is 7.67. The molecule has 1 aliphatic rings. The molecule has 22 heavy (non-hydrogen) atoms. The van der Waals surface area contributed by atoms with Gasteiger partial charge >= 0.3 is 0 Å². The van der Waals surface area contributed by atoms with Crippen molar-refractivity contribution in [3.05, 3.63) is 40.1 Å². The van der Waals surface area contributed by atoms with Gasteiger partial charge in [0.1, 0.15) is 5.75 Å². The van der Waals surface area contributed by atoms with E-state index in [1.807, 2.05) is 24.3 Å². The van der Waals surface area contributed by atoms with Gasteiger partial charge in [0, 0.05) is 17.1 Å². The monoisotopic (exact) mass is 316 g/mol. The summed E-state index contributed by atoms with van der Waals surface area (Å²) in [4.78, 5) is 5.99. The smallest absolute Gasteiger partial charge is 0.190 e. The summed E-state index contributed by atoms with van der Waals surface area (Å²) in [6.45, 7) is 4.58. The highest BCUT2D eigenvalue weighted by Gasteiger charge is 2.24. The molecule has 3 nitrogen and oxygen atoms in total. The Bertz CT molecular complexity index is 684. The lowest BCUT2D eigenvalue weighted by atomic mass is 9.85. The van der Waals surface area contributed by atoms with Crippen LogP contribution in [0.1, 0.15) is 44.3 Å². The third-order valence-corrected chi connectivity index (χ3v) is 5.57. The number of benzene rings is 1. The van der Waals surface area contributed by atoms with Crippen LogP contribution in [0.4, 0.5) is 5.69 Å². The molecule has 1 heterocycles. The Labute approximate surface area is 136 Å². The first-order chi connectivity index (χ1) is 10.7. The second kappa shape index (κ2) is 6.69. The molecule has 1 aromatic heterocycles. The molecule has 1 saturated carbocycles. The Morgan fingerprint density at radius 3 is 2.59 bits per heavy atom. The Kier molecular flexibility index (Phi) is 4.67. The van der Waals surface area contributed by atoms with Crippen molar-refractivity contribution >= 4 is 17.0 Å². The van der Waals surface area contributed by atoms with Crippen LogP contribution in [0.3, 0.4) is 0 Å². The first kappa shape index (κ1) is 15.3. The van der Waals surface area contributed by atoms with Crippen LogP contribution in [-0.4, -0.2) is 11.7 Å². The minimum atomic E-state index is 0.594. The van der Waals surface area contributed by atoms with Crippen LogP contribution in [-0.2, 0) is 0 Å². The van der Waals surface area contributed by atoms with E-state index in [2.05, 4.69) is 23.8 Å². The molecule has 2 atom stereocenters. The van der Waals surface area contributed by atoms with Crippen molar-refractivity contribution in [2.45, 2.75) is 45.6 Å². The van der Waals surface area contributed by atoms with E-state index in [1.54, 1.807) is 18.4 Å². The van der Waals surface area contributed by atoms with Gasteiger partial charge in [-0.15, -0.1) is 11.3 Å². The summed E-state index contributed by atoms with van der Waals surface area (Å²) in [5.41, 5.74) is 2.32. The van der Waals surface area contributed by atoms with Crippen molar-refractivity contribution in [3.63, 3.8) is 0 Å². The SMILES string of the molecule is COc1ccc(N=c2scc(C)n2C2CCCCC2C)cc1. The van der Waals surface area contributed by atoms with E-state index >= 15 is 0 Å². The lowest BCUT2D eigenvalue weighted by Crippen LogP contribution is -2.29. The van der Waals surface area contributed by atoms with Gasteiger partial charge in [0.25, 0.3) is 0 Å². The first-order valence-electron chi connectivity index (χ1n) is 8.04. The zero-order chi connectivity index (χ0) is 15.5. The van der Waals surface area contributed by atoms with Gasteiger partial charge in [-0.05, 0) is 49.9 Å². The number of aromatic nitrogens is 1. The van der Waals surface area contributed by atoms with E-state index in [-0.39, 0.29) is 0 Å². The number of methoxy groups -OCH3 is 1. The maximum absolute atomic E-state index is 5.21. The number of hydrogen-bond acceptors (Lipinski definition) is 3. The second-order valence-electron chi connectivity index (χ2n) is 6.17. The van der Waals surface area contributed by atoms with Crippen molar-refractivity contribution in [1.29, 1.82) is 0 Å². The fourth-order valence-corrected chi connectivity index (χ4v) is 4.27. The minimum Gasteiger partial charge on any atom is -0.497 e. The van der Waals surface area contributed by atoms with Crippen LogP contribution in [0, 0.1) is 12.8 Å². The van der Waals surface area contributed by atoms with Gasteiger partial charge in [-0.25, -0.2) is 4.99 Å². The number of ether oxygens (including phenoxy) is 1. The molecule has 1 fully saturated rings. The number of nitrogens with zero attached hydrogens (tertiary/aromatic N) is 2. The topological polar surface area (TPSA) is 26.5 Å². The van der Waals surface area contributed by atoms with Crippen LogP contribution in [0.5, 0.6) is 5.75 Å². The lowest BCUT2D eigenvalue weighted by molar-refractivity contribution is 0.251. The molecule has 0 N–H and O–H groups in total. The highest BCUT2D eigenvalue weighted by Crippen LogP contribution is 2.33. The zero-order valence-corrected chi connectivity index (χ0v) is 14.4. The molecule has 0 spiro atoms. The molecule has 118 valence electrons. The predicted octanol–water partition coefficient (Wildman–Crippen LogP) is 4.85. The third kappa shape index (κ3) is 3.12. The van der Waals surface area contributed by atoms with E-state index in [1.165, 1.54) is 31.4 Å². The molecule has 2 unspecified atom stereocenters. The van der Waals surface area contributed by atoms with Crippen molar-refractivity contribution < 1.29 is 4.74 Å². The predicted molar refractivity (Wildman–Crippen MR) is 91.9 cm³/mol. The van der Waals surface area contributed by atoms with Crippen LogP contribution in [0.2, 0.25) is 0 Å². The van der Waals surface area contributed by atoms with Gasteiger partial charge in [-0.1, -0.05) is 19.8 Å². The molecule has 1 aromatic carbocycles. The highest BCUT2D eigenvalue weighted by atomic mass is 32.1. The molecule has 0 saturated heterocycles. The summed E-state index contributed by atoms with van der Waals surface area (Å²) in [5.74, 6) is 1.60. The van der Waals surface area contributed by atoms with Gasteiger partial charge in [0.2, 0.25) is 0 Å². The molecular formula is C18H24N2OS. The molecule has 1 aliphatic carbocycles. The molecule has 3 rings (SSSR count). The zero-order valence-electron chi connectivity index (χ0n) is 13.6. The van der Waals surface area contributed by atoms with E-state index < -0.39 is 0 Å². The van der Waals surface area contributed by atoms with Crippen molar-refractivity contribution in [1.82, 2.24) is 4.57 Å². The van der Waals surface area contributed by atoms with Crippen LogP contribution in [0.15, 0.2) is 34.6 Å². The van der Waals surface area contributed by atoms with E-state index in [0.29, 0.717) is 6.04 Å². The van der Waals surface area contributed by atoms with Crippen molar-refractivity contribution in [2.75, 3.05) is 7.11 Å². The van der Waals surface area contributed by atoms with Gasteiger partial charge in [0.15, 0.2) is 4.80 Å². The fraction of sp³-hybridized carbons (Fsp3) is 0.500. The summed E-state index contributed by atoms with van der Waals surface area (Å²) in [7, 11) is 1.69. The van der Waals surface area contributed by atoms with E-state index in [9.17, 15) is 0 Å². The summed E-state index contributed by atoms with van der Waals surface area (Å²) in [5, 5.41) is 2.23. The second-order valence-corrected chi connectivity index (χ2v) is 7.01. The molecule has 4 heteroatoms. The van der Waals surface area contributed by atoms with E-state index in [4.69, 9.17) is 9.73 Å². The molecule has 2 aromatic rings. The molecule has 0 radical (unpaired) electrons. The number of thiazole rings is 1. The standard InChI is InChI=1S/C18H24N2OS/c1-13-6-4-5-7-17(13)20-14(2)12-22-18(20)19-15-8-10-16(21-3)11-9-15/h8-13,17H,4-7H2,1-3H3. The Morgan fingerprint density at radius 1 is 1.18 bits per heavy atom. The fourth-order valence-electron chi connectivity index (χ4n) is 3.33. The molecule has 0 aliphatic heterocycles. The Hall–Kier alpha value is -1.55. The summed E-state index contributed by atoms with van der Waals surface area (Å²) in [6, 6.07) is 8.56. The number of hydrogen-bond donors (Lipinski definition) is 0. The Balaban J connectivity index is 1.98. The van der Waals surface area contributed by atoms with Gasteiger partial charge < -0.3 is 9.30 Å². The van der Waals surface area contributed by atoms with Crippen LogP contribution >= 0.6 is 11.3 Å². The average molecular weight is 316 g/mol. The number of rotatable bonds is 3. The van der Waals surface area contributed by atoms with Gasteiger partial charge in [-0.2, -0.15) is 0 Å². The average Bonchev–Trinajstić information content (AvgIpc) is 2.89. The van der Waals surface area contributed by atoms with Crippen LogP contribution in [0.25, 0.3) is 0 Å². The normalized spacial score (nSPS) is 22.8. The third-order valence-electron chi connectivity index (χ3n) is 4.62. The largest absolute Gasteiger partial charge is 0.497 e.